The van der Waals surface area contributed by atoms with Gasteiger partial charge < -0.3 is 11.1 Å². The van der Waals surface area contributed by atoms with Crippen LogP contribution in [-0.2, 0) is 4.79 Å². The number of fused-ring (bicyclic) bond motifs is 1. The average molecular weight is 255 g/mol. The number of hydrogen-bond acceptors (Lipinski definition) is 2. The summed E-state index contributed by atoms with van der Waals surface area (Å²) in [7, 11) is 0. The lowest BCUT2D eigenvalue weighted by atomic mass is 9.97. The van der Waals surface area contributed by atoms with Gasteiger partial charge in [0.15, 0.2) is 0 Å². The zero-order chi connectivity index (χ0) is 10.1. The van der Waals surface area contributed by atoms with E-state index in [1.165, 1.54) is 0 Å². The molecule has 0 radical (unpaired) electrons. The van der Waals surface area contributed by atoms with Crippen molar-refractivity contribution < 1.29 is 4.79 Å². The third kappa shape index (κ3) is 1.55. The van der Waals surface area contributed by atoms with Crippen LogP contribution >= 0.6 is 15.9 Å². The second kappa shape index (κ2) is 3.71. The van der Waals surface area contributed by atoms with Crippen LogP contribution in [0.2, 0.25) is 0 Å². The third-order valence-corrected chi connectivity index (χ3v) is 2.91. The Morgan fingerprint density at radius 1 is 1.50 bits per heavy atom. The Morgan fingerprint density at radius 3 is 3.00 bits per heavy atom. The SMILES string of the molecule is NCCC1C(=O)Nc2cc(Br)ccc21. The summed E-state index contributed by atoms with van der Waals surface area (Å²) in [6, 6.07) is 5.84. The number of anilines is 1. The number of benzene rings is 1. The standard InChI is InChI=1S/C10H11BrN2O/c11-6-1-2-7-8(3-4-12)10(14)13-9(7)5-6/h1-2,5,8H,3-4,12H2,(H,13,14). The summed E-state index contributed by atoms with van der Waals surface area (Å²) < 4.78 is 0.977. The van der Waals surface area contributed by atoms with Crippen molar-refractivity contribution in [2.24, 2.45) is 5.73 Å². The molecule has 3 N–H and O–H groups in total. The first-order valence-electron chi connectivity index (χ1n) is 4.52. The van der Waals surface area contributed by atoms with Gasteiger partial charge in [-0.1, -0.05) is 22.0 Å². The normalized spacial score (nSPS) is 19.3. The highest BCUT2D eigenvalue weighted by Crippen LogP contribution is 2.35. The van der Waals surface area contributed by atoms with Crippen molar-refractivity contribution in [3.05, 3.63) is 28.2 Å². The second-order valence-corrected chi connectivity index (χ2v) is 4.27. The molecule has 1 amide bonds. The van der Waals surface area contributed by atoms with E-state index < -0.39 is 0 Å². The van der Waals surface area contributed by atoms with Gasteiger partial charge in [0, 0.05) is 10.2 Å². The minimum absolute atomic E-state index is 0.0588. The second-order valence-electron chi connectivity index (χ2n) is 3.35. The van der Waals surface area contributed by atoms with Gasteiger partial charge >= 0.3 is 0 Å². The predicted molar refractivity (Wildman–Crippen MR) is 59.2 cm³/mol. The zero-order valence-corrected chi connectivity index (χ0v) is 9.17. The summed E-state index contributed by atoms with van der Waals surface area (Å²) in [6.07, 6.45) is 0.709. The number of rotatable bonds is 2. The Labute approximate surface area is 90.8 Å². The molecule has 0 saturated carbocycles. The lowest BCUT2D eigenvalue weighted by Crippen LogP contribution is -2.15. The van der Waals surface area contributed by atoms with Crippen molar-refractivity contribution in [2.75, 3.05) is 11.9 Å². The van der Waals surface area contributed by atoms with E-state index in [1.807, 2.05) is 18.2 Å². The molecule has 0 aliphatic carbocycles. The molecular formula is C10H11BrN2O. The molecule has 1 unspecified atom stereocenters. The van der Waals surface area contributed by atoms with Crippen LogP contribution in [0.5, 0.6) is 0 Å². The fraction of sp³-hybridized carbons (Fsp3) is 0.300. The fourth-order valence-corrected chi connectivity index (χ4v) is 2.12. The smallest absolute Gasteiger partial charge is 0.232 e. The Kier molecular flexibility index (Phi) is 2.56. The van der Waals surface area contributed by atoms with Gasteiger partial charge in [0.05, 0.1) is 5.92 Å². The van der Waals surface area contributed by atoms with Gasteiger partial charge in [-0.15, -0.1) is 0 Å². The summed E-state index contributed by atoms with van der Waals surface area (Å²) >= 11 is 3.37. The van der Waals surface area contributed by atoms with Gasteiger partial charge in [0.2, 0.25) is 5.91 Å². The minimum Gasteiger partial charge on any atom is -0.330 e. The van der Waals surface area contributed by atoms with Crippen molar-refractivity contribution in [3.63, 3.8) is 0 Å². The molecule has 4 heteroatoms. The van der Waals surface area contributed by atoms with Gasteiger partial charge in [0.1, 0.15) is 0 Å². The molecule has 1 heterocycles. The van der Waals surface area contributed by atoms with Crippen molar-refractivity contribution in [2.45, 2.75) is 12.3 Å². The number of carbonyl (C=O) groups is 1. The molecule has 74 valence electrons. The number of hydrogen-bond donors (Lipinski definition) is 2. The molecule has 14 heavy (non-hydrogen) atoms. The molecule has 1 aromatic rings. The first-order chi connectivity index (χ1) is 6.72. The van der Waals surface area contributed by atoms with Crippen LogP contribution in [0.15, 0.2) is 22.7 Å². The minimum atomic E-state index is -0.0666. The van der Waals surface area contributed by atoms with E-state index in [0.717, 1.165) is 15.7 Å². The topological polar surface area (TPSA) is 55.1 Å². The third-order valence-electron chi connectivity index (χ3n) is 2.42. The van der Waals surface area contributed by atoms with Crippen LogP contribution in [0.4, 0.5) is 5.69 Å². The summed E-state index contributed by atoms with van der Waals surface area (Å²) in [4.78, 5) is 11.6. The number of nitrogens with two attached hydrogens (primary N) is 1. The molecule has 0 aromatic heterocycles. The molecule has 3 nitrogen and oxygen atoms in total. The molecule has 1 atom stereocenters. The maximum Gasteiger partial charge on any atom is 0.232 e. The van der Waals surface area contributed by atoms with Crippen molar-refractivity contribution in [3.8, 4) is 0 Å². The Hall–Kier alpha value is -0.870. The van der Waals surface area contributed by atoms with Gasteiger partial charge in [-0.3, -0.25) is 4.79 Å². The summed E-state index contributed by atoms with van der Waals surface area (Å²) in [6.45, 7) is 0.535. The molecule has 1 aliphatic heterocycles. The highest BCUT2D eigenvalue weighted by molar-refractivity contribution is 9.10. The van der Waals surface area contributed by atoms with Crippen LogP contribution in [0.25, 0.3) is 0 Å². The van der Waals surface area contributed by atoms with Gasteiger partial charge in [0.25, 0.3) is 0 Å². The predicted octanol–water partition coefficient (Wildman–Crippen LogP) is 1.83. The molecule has 0 fully saturated rings. The maximum atomic E-state index is 11.6. The van der Waals surface area contributed by atoms with Gasteiger partial charge in [-0.25, -0.2) is 0 Å². The summed E-state index contributed by atoms with van der Waals surface area (Å²) in [5.74, 6) is -0.00773. The molecule has 0 spiro atoms. The molecule has 2 rings (SSSR count). The van der Waals surface area contributed by atoms with E-state index in [-0.39, 0.29) is 11.8 Å². The molecule has 1 aliphatic rings. The summed E-state index contributed by atoms with van der Waals surface area (Å²) in [5, 5.41) is 2.85. The zero-order valence-electron chi connectivity index (χ0n) is 7.59. The number of carbonyl (C=O) groups excluding carboxylic acids is 1. The van der Waals surface area contributed by atoms with E-state index in [0.29, 0.717) is 13.0 Å². The maximum absolute atomic E-state index is 11.6. The van der Waals surface area contributed by atoms with Crippen LogP contribution in [0.1, 0.15) is 17.9 Å². The highest BCUT2D eigenvalue weighted by Gasteiger charge is 2.29. The number of halogens is 1. The number of amides is 1. The average Bonchev–Trinajstić information content (AvgIpc) is 2.43. The monoisotopic (exact) mass is 254 g/mol. The quantitative estimate of drug-likeness (QED) is 0.847. The Balaban J connectivity index is 2.37. The number of nitrogens with one attached hydrogen (secondary N) is 1. The largest absolute Gasteiger partial charge is 0.330 e. The molecule has 1 aromatic carbocycles. The highest BCUT2D eigenvalue weighted by atomic mass is 79.9. The summed E-state index contributed by atoms with van der Waals surface area (Å²) in [5.41, 5.74) is 7.43. The van der Waals surface area contributed by atoms with Gasteiger partial charge in [-0.05, 0) is 30.7 Å². The van der Waals surface area contributed by atoms with E-state index in [2.05, 4.69) is 21.2 Å². The molecule has 0 saturated heterocycles. The first kappa shape index (κ1) is 9.68. The van der Waals surface area contributed by atoms with Crippen molar-refractivity contribution in [1.82, 2.24) is 0 Å². The van der Waals surface area contributed by atoms with Crippen LogP contribution in [-0.4, -0.2) is 12.5 Å². The first-order valence-corrected chi connectivity index (χ1v) is 5.32. The fourth-order valence-electron chi connectivity index (χ4n) is 1.75. The van der Waals surface area contributed by atoms with Crippen molar-refractivity contribution >= 4 is 27.5 Å². The van der Waals surface area contributed by atoms with E-state index in [4.69, 9.17) is 5.73 Å². The Morgan fingerprint density at radius 2 is 2.29 bits per heavy atom. The van der Waals surface area contributed by atoms with E-state index in [1.54, 1.807) is 0 Å². The van der Waals surface area contributed by atoms with Crippen molar-refractivity contribution in [1.29, 1.82) is 0 Å². The molecular weight excluding hydrogens is 244 g/mol. The van der Waals surface area contributed by atoms with Gasteiger partial charge in [-0.2, -0.15) is 0 Å². The van der Waals surface area contributed by atoms with Crippen LogP contribution < -0.4 is 11.1 Å². The van der Waals surface area contributed by atoms with E-state index in [9.17, 15) is 4.79 Å². The lowest BCUT2D eigenvalue weighted by Gasteiger charge is -2.05. The van der Waals surface area contributed by atoms with E-state index >= 15 is 0 Å². The van der Waals surface area contributed by atoms with Crippen LogP contribution in [0.3, 0.4) is 0 Å². The lowest BCUT2D eigenvalue weighted by molar-refractivity contribution is -0.117. The Bertz CT molecular complexity index is 378. The molecule has 0 bridgehead atoms. The van der Waals surface area contributed by atoms with Crippen LogP contribution in [0, 0.1) is 0 Å².